The molecule has 98 valence electrons. The number of aryl methyl sites for hydroxylation is 1. The molecular weight excluding hydrogens is 254 g/mol. The van der Waals surface area contributed by atoms with Gasteiger partial charge in [-0.2, -0.15) is 8.42 Å². The molecule has 0 fully saturated rings. The Hall–Kier alpha value is -1.56. The molecule has 0 aromatic heterocycles. The molecule has 0 bridgehead atoms. The molecule has 0 heterocycles. The highest BCUT2D eigenvalue weighted by Gasteiger charge is 2.16. The zero-order valence-corrected chi connectivity index (χ0v) is 11.1. The van der Waals surface area contributed by atoms with Crippen LogP contribution < -0.4 is 0 Å². The lowest BCUT2D eigenvalue weighted by molar-refractivity contribution is 0.268. The van der Waals surface area contributed by atoms with Crippen LogP contribution in [0.4, 0.5) is 0 Å². The Labute approximate surface area is 106 Å². The van der Waals surface area contributed by atoms with Gasteiger partial charge in [-0.1, -0.05) is 29.7 Å². The normalized spacial score (nSPS) is 12.8. The molecule has 0 saturated heterocycles. The van der Waals surface area contributed by atoms with E-state index in [0.29, 0.717) is 0 Å². The van der Waals surface area contributed by atoms with Crippen molar-refractivity contribution in [2.45, 2.75) is 18.7 Å². The molecule has 1 unspecified atom stereocenters. The van der Waals surface area contributed by atoms with Crippen molar-refractivity contribution >= 4 is 10.1 Å². The lowest BCUT2D eigenvalue weighted by Crippen LogP contribution is -2.14. The van der Waals surface area contributed by atoms with E-state index in [4.69, 9.17) is 9.71 Å². The van der Waals surface area contributed by atoms with Crippen LogP contribution in [0.25, 0.3) is 10.4 Å². The molecule has 1 rings (SSSR count). The Kier molecular flexibility index (Phi) is 5.15. The van der Waals surface area contributed by atoms with Gasteiger partial charge in [0, 0.05) is 11.5 Å². The van der Waals surface area contributed by atoms with Gasteiger partial charge in [0.1, 0.15) is 0 Å². The second-order valence-electron chi connectivity index (χ2n) is 4.07. The number of nitrogens with zero attached hydrogens (tertiary/aromatic N) is 3. The van der Waals surface area contributed by atoms with Crippen molar-refractivity contribution in [1.82, 2.24) is 0 Å². The fraction of sp³-hybridized carbons (Fsp3) is 0.455. The SMILES string of the molecule is Cc1ccc(S(=O)(=O)OCC(C)CN=[N+]=[N-])cc1. The van der Waals surface area contributed by atoms with Crippen LogP contribution in [-0.4, -0.2) is 21.6 Å². The second kappa shape index (κ2) is 6.39. The van der Waals surface area contributed by atoms with Crippen LogP contribution in [0.5, 0.6) is 0 Å². The Balaban J connectivity index is 2.65. The van der Waals surface area contributed by atoms with E-state index in [-0.39, 0.29) is 24.0 Å². The van der Waals surface area contributed by atoms with Crippen molar-refractivity contribution in [3.63, 3.8) is 0 Å². The van der Waals surface area contributed by atoms with E-state index < -0.39 is 10.1 Å². The molecule has 0 saturated carbocycles. The summed E-state index contributed by atoms with van der Waals surface area (Å²) in [5.74, 6) is -0.152. The van der Waals surface area contributed by atoms with Crippen LogP contribution in [0.2, 0.25) is 0 Å². The van der Waals surface area contributed by atoms with Gasteiger partial charge in [0.15, 0.2) is 0 Å². The predicted octanol–water partition coefficient (Wildman–Crippen LogP) is 2.65. The minimum atomic E-state index is -3.73. The molecule has 0 radical (unpaired) electrons. The summed E-state index contributed by atoms with van der Waals surface area (Å²) in [5, 5.41) is 3.36. The molecule has 1 aromatic carbocycles. The summed E-state index contributed by atoms with van der Waals surface area (Å²) in [7, 11) is -3.73. The standard InChI is InChI=1S/C11H15N3O3S/c1-9-3-5-11(6-4-9)18(15,16)17-8-10(2)7-13-14-12/h3-6,10H,7-8H2,1-2H3. The van der Waals surface area contributed by atoms with Gasteiger partial charge in [-0.05, 0) is 30.5 Å². The first-order valence-corrected chi connectivity index (χ1v) is 6.83. The molecule has 0 aliphatic carbocycles. The number of azide groups is 1. The van der Waals surface area contributed by atoms with Crippen molar-refractivity contribution < 1.29 is 12.6 Å². The predicted molar refractivity (Wildman–Crippen MR) is 67.5 cm³/mol. The van der Waals surface area contributed by atoms with Crippen molar-refractivity contribution in [1.29, 1.82) is 0 Å². The summed E-state index contributed by atoms with van der Waals surface area (Å²) >= 11 is 0. The average molecular weight is 269 g/mol. The number of hydrogen-bond donors (Lipinski definition) is 0. The largest absolute Gasteiger partial charge is 0.296 e. The van der Waals surface area contributed by atoms with Crippen LogP contribution in [0, 0.1) is 12.8 Å². The van der Waals surface area contributed by atoms with E-state index in [1.54, 1.807) is 19.1 Å². The third-order valence-electron chi connectivity index (χ3n) is 2.27. The maximum absolute atomic E-state index is 11.8. The van der Waals surface area contributed by atoms with Crippen molar-refractivity contribution in [3.05, 3.63) is 40.3 Å². The first kappa shape index (κ1) is 14.5. The highest BCUT2D eigenvalue weighted by molar-refractivity contribution is 7.86. The highest BCUT2D eigenvalue weighted by Crippen LogP contribution is 2.14. The molecule has 0 amide bonds. The van der Waals surface area contributed by atoms with E-state index >= 15 is 0 Å². The minimum absolute atomic E-state index is 0.00473. The summed E-state index contributed by atoms with van der Waals surface area (Å²) in [6, 6.07) is 6.42. The van der Waals surface area contributed by atoms with Gasteiger partial charge in [-0.3, -0.25) is 4.18 Å². The first-order chi connectivity index (χ1) is 8.45. The molecule has 1 atom stereocenters. The van der Waals surface area contributed by atoms with Crippen molar-refractivity contribution in [2.75, 3.05) is 13.2 Å². The van der Waals surface area contributed by atoms with Crippen LogP contribution >= 0.6 is 0 Å². The molecule has 18 heavy (non-hydrogen) atoms. The third-order valence-corrected chi connectivity index (χ3v) is 3.57. The minimum Gasteiger partial charge on any atom is -0.266 e. The van der Waals surface area contributed by atoms with E-state index in [0.717, 1.165) is 5.56 Å². The Bertz CT molecular complexity index is 533. The van der Waals surface area contributed by atoms with Crippen molar-refractivity contribution in [2.24, 2.45) is 11.0 Å². The first-order valence-electron chi connectivity index (χ1n) is 5.42. The topological polar surface area (TPSA) is 92.1 Å². The average Bonchev–Trinajstić information content (AvgIpc) is 2.34. The maximum atomic E-state index is 11.8. The number of benzene rings is 1. The molecule has 0 N–H and O–H groups in total. The van der Waals surface area contributed by atoms with E-state index in [2.05, 4.69) is 10.0 Å². The fourth-order valence-corrected chi connectivity index (χ4v) is 2.22. The van der Waals surface area contributed by atoms with Gasteiger partial charge < -0.3 is 0 Å². The van der Waals surface area contributed by atoms with Gasteiger partial charge in [0.2, 0.25) is 0 Å². The van der Waals surface area contributed by atoms with Crippen LogP contribution in [0.3, 0.4) is 0 Å². The number of hydrogen-bond acceptors (Lipinski definition) is 4. The molecule has 6 nitrogen and oxygen atoms in total. The summed E-state index contributed by atoms with van der Waals surface area (Å²) in [6.07, 6.45) is 0. The van der Waals surface area contributed by atoms with Gasteiger partial charge in [-0.25, -0.2) is 0 Å². The third kappa shape index (κ3) is 4.37. The zero-order chi connectivity index (χ0) is 13.6. The molecule has 0 aliphatic heterocycles. The molecule has 0 aliphatic rings. The monoisotopic (exact) mass is 269 g/mol. The Morgan fingerprint density at radius 1 is 1.39 bits per heavy atom. The Morgan fingerprint density at radius 2 is 2.00 bits per heavy atom. The summed E-state index contributed by atoms with van der Waals surface area (Å²) < 4.78 is 28.5. The van der Waals surface area contributed by atoms with Gasteiger partial charge in [0.05, 0.1) is 11.5 Å². The lowest BCUT2D eigenvalue weighted by atomic mass is 10.2. The molecule has 7 heteroatoms. The van der Waals surface area contributed by atoms with Gasteiger partial charge >= 0.3 is 0 Å². The molecule has 1 aromatic rings. The van der Waals surface area contributed by atoms with Crippen LogP contribution in [0.15, 0.2) is 34.3 Å². The van der Waals surface area contributed by atoms with E-state index in [1.165, 1.54) is 12.1 Å². The van der Waals surface area contributed by atoms with Gasteiger partial charge in [0.25, 0.3) is 10.1 Å². The van der Waals surface area contributed by atoms with E-state index in [9.17, 15) is 8.42 Å². The zero-order valence-electron chi connectivity index (χ0n) is 10.3. The lowest BCUT2D eigenvalue weighted by Gasteiger charge is -2.09. The summed E-state index contributed by atoms with van der Waals surface area (Å²) in [4.78, 5) is 2.74. The maximum Gasteiger partial charge on any atom is 0.296 e. The molecular formula is C11H15N3O3S. The fourth-order valence-electron chi connectivity index (χ4n) is 1.21. The Morgan fingerprint density at radius 3 is 2.56 bits per heavy atom. The van der Waals surface area contributed by atoms with Crippen molar-refractivity contribution in [3.8, 4) is 0 Å². The summed E-state index contributed by atoms with van der Waals surface area (Å²) in [6.45, 7) is 3.83. The van der Waals surface area contributed by atoms with E-state index in [1.807, 2.05) is 6.92 Å². The highest BCUT2D eigenvalue weighted by atomic mass is 32.2. The molecule has 0 spiro atoms. The van der Waals surface area contributed by atoms with Gasteiger partial charge in [-0.15, -0.1) is 0 Å². The quantitative estimate of drug-likeness (QED) is 0.344. The van der Waals surface area contributed by atoms with Crippen LogP contribution in [0.1, 0.15) is 12.5 Å². The summed E-state index contributed by atoms with van der Waals surface area (Å²) in [5.41, 5.74) is 9.12. The second-order valence-corrected chi connectivity index (χ2v) is 5.69. The smallest absolute Gasteiger partial charge is 0.266 e. The van der Waals surface area contributed by atoms with Crippen LogP contribution in [-0.2, 0) is 14.3 Å². The number of rotatable bonds is 6.